The molecule has 0 saturated heterocycles. The monoisotopic (exact) mass is 490 g/mol. The van der Waals surface area contributed by atoms with Crippen molar-refractivity contribution in [1.29, 1.82) is 0 Å². The van der Waals surface area contributed by atoms with E-state index in [1.807, 2.05) is 0 Å². The van der Waals surface area contributed by atoms with Crippen LogP contribution in [0.25, 0.3) is 0 Å². The molecule has 3 rings (SSSR count). The SMILES string of the molecule is CC(O)CO.O=C1C=CC(=O)O1.O=C1OC(=O)c2ccccc21.OCCO.OCCOCCO. The number of aliphatic hydroxyl groups is 6. The van der Waals surface area contributed by atoms with Crippen LogP contribution >= 0.6 is 0 Å². The number of fused-ring (bicyclic) bond motifs is 1. The van der Waals surface area contributed by atoms with Crippen molar-refractivity contribution in [3.05, 3.63) is 47.5 Å². The van der Waals surface area contributed by atoms with Crippen LogP contribution in [-0.2, 0) is 23.8 Å². The van der Waals surface area contributed by atoms with Gasteiger partial charge in [-0.15, -0.1) is 0 Å². The third kappa shape index (κ3) is 17.5. The summed E-state index contributed by atoms with van der Waals surface area (Å²) in [6.07, 6.45) is 1.61. The maximum atomic E-state index is 10.8. The molecular weight excluding hydrogens is 460 g/mol. The van der Waals surface area contributed by atoms with Crippen LogP contribution in [0.2, 0.25) is 0 Å². The van der Waals surface area contributed by atoms with Crippen LogP contribution in [0.4, 0.5) is 0 Å². The van der Waals surface area contributed by atoms with Crippen LogP contribution in [-0.4, -0.2) is 107 Å². The molecule has 2 aliphatic heterocycles. The summed E-state index contributed by atoms with van der Waals surface area (Å²) in [4.78, 5) is 41.5. The number of hydrogen-bond donors (Lipinski definition) is 6. The Bertz CT molecular complexity index is 704. The lowest BCUT2D eigenvalue weighted by Crippen LogP contribution is -2.03. The van der Waals surface area contributed by atoms with E-state index < -0.39 is 30.0 Å². The third-order valence-electron chi connectivity index (χ3n) is 2.94. The summed E-state index contributed by atoms with van der Waals surface area (Å²) in [6.45, 7) is 1.83. The lowest BCUT2D eigenvalue weighted by atomic mass is 10.1. The molecule has 13 nitrogen and oxygen atoms in total. The van der Waals surface area contributed by atoms with Crippen LogP contribution in [0.15, 0.2) is 36.4 Å². The highest BCUT2D eigenvalue weighted by molar-refractivity contribution is 6.14. The standard InChI is InChI=1S/C8H4O3.C4H2O3.C4H10O3.C3H8O2.C2H6O2/c9-7-5-3-1-2-4-6(5)8(10)11-7;5-3-1-2-4(6)7-3;5-1-3-7-4-2-6;1-3(5)2-4;3-1-2-4/h1-4H;1-2H;5-6H,1-4H2;3-5H,2H2,1H3;3-4H,1-2H2. The van der Waals surface area contributed by atoms with E-state index in [2.05, 4.69) is 14.2 Å². The zero-order valence-electron chi connectivity index (χ0n) is 18.5. The van der Waals surface area contributed by atoms with E-state index in [-0.39, 0.29) is 33.0 Å². The second-order valence-electron chi connectivity index (χ2n) is 5.83. The Morgan fingerprint density at radius 3 is 1.35 bits per heavy atom. The van der Waals surface area contributed by atoms with E-state index in [9.17, 15) is 19.2 Å². The topological polar surface area (TPSA) is 217 Å². The number of carbonyl (C=O) groups excluding carboxylic acids is 4. The molecule has 0 amide bonds. The molecule has 0 aliphatic carbocycles. The van der Waals surface area contributed by atoms with E-state index in [1.165, 1.54) is 6.92 Å². The molecule has 192 valence electrons. The zero-order chi connectivity index (χ0) is 26.4. The van der Waals surface area contributed by atoms with Crippen LogP contribution < -0.4 is 0 Å². The molecule has 1 aromatic rings. The van der Waals surface area contributed by atoms with Crippen molar-refractivity contribution in [3.8, 4) is 0 Å². The zero-order valence-corrected chi connectivity index (χ0v) is 18.5. The van der Waals surface area contributed by atoms with Crippen molar-refractivity contribution < 1.29 is 64.0 Å². The highest BCUT2D eigenvalue weighted by atomic mass is 16.6. The average molecular weight is 490 g/mol. The lowest BCUT2D eigenvalue weighted by molar-refractivity contribution is -0.150. The number of ether oxygens (including phenoxy) is 3. The van der Waals surface area contributed by atoms with Gasteiger partial charge in [0.25, 0.3) is 0 Å². The first kappa shape index (κ1) is 33.1. The Morgan fingerprint density at radius 2 is 1.12 bits per heavy atom. The molecule has 6 N–H and O–H groups in total. The fourth-order valence-corrected chi connectivity index (χ4v) is 1.57. The van der Waals surface area contributed by atoms with Crippen molar-refractivity contribution in [3.63, 3.8) is 0 Å². The molecule has 0 radical (unpaired) electrons. The summed E-state index contributed by atoms with van der Waals surface area (Å²) in [5, 5.41) is 47.4. The predicted octanol–water partition coefficient (Wildman–Crippen LogP) is -2.06. The molecule has 1 unspecified atom stereocenters. The summed E-state index contributed by atoms with van der Waals surface area (Å²) in [5.74, 6) is -2.26. The number of benzene rings is 1. The minimum atomic E-state index is -0.579. The molecule has 0 saturated carbocycles. The predicted molar refractivity (Wildman–Crippen MR) is 114 cm³/mol. The second-order valence-corrected chi connectivity index (χ2v) is 5.83. The van der Waals surface area contributed by atoms with Crippen molar-refractivity contribution in [2.45, 2.75) is 13.0 Å². The first-order chi connectivity index (χ1) is 16.2. The highest BCUT2D eigenvalue weighted by Gasteiger charge is 2.28. The Morgan fingerprint density at radius 1 is 0.735 bits per heavy atom. The number of esters is 4. The third-order valence-corrected chi connectivity index (χ3v) is 2.94. The number of rotatable bonds is 6. The van der Waals surface area contributed by atoms with Gasteiger partial charge < -0.3 is 44.8 Å². The van der Waals surface area contributed by atoms with Gasteiger partial charge in [0.05, 0.1) is 63.5 Å². The fraction of sp³-hybridized carbons (Fsp3) is 0.429. The first-order valence-corrected chi connectivity index (χ1v) is 9.77. The molecular formula is C21H30O13. The van der Waals surface area contributed by atoms with Gasteiger partial charge >= 0.3 is 23.9 Å². The van der Waals surface area contributed by atoms with Gasteiger partial charge in [0.2, 0.25) is 0 Å². The van der Waals surface area contributed by atoms with Gasteiger partial charge in [-0.3, -0.25) is 0 Å². The van der Waals surface area contributed by atoms with E-state index in [0.29, 0.717) is 24.3 Å². The Labute approximate surface area is 195 Å². The minimum absolute atomic E-state index is 0.0278. The van der Waals surface area contributed by atoms with Gasteiger partial charge in [0, 0.05) is 12.2 Å². The molecule has 0 bridgehead atoms. The Hall–Kier alpha value is -3.04. The Kier molecular flexibility index (Phi) is 21.2. The number of aliphatic hydroxyl groups excluding tert-OH is 6. The van der Waals surface area contributed by atoms with E-state index >= 15 is 0 Å². The van der Waals surface area contributed by atoms with Gasteiger partial charge in [0.1, 0.15) is 0 Å². The van der Waals surface area contributed by atoms with Gasteiger partial charge in [-0.05, 0) is 19.1 Å². The molecule has 1 aromatic carbocycles. The number of hydrogen-bond acceptors (Lipinski definition) is 13. The minimum Gasteiger partial charge on any atom is -0.394 e. The van der Waals surface area contributed by atoms with Crippen LogP contribution in [0.5, 0.6) is 0 Å². The van der Waals surface area contributed by atoms with Crippen molar-refractivity contribution in [1.82, 2.24) is 0 Å². The van der Waals surface area contributed by atoms with Crippen LogP contribution in [0.3, 0.4) is 0 Å². The van der Waals surface area contributed by atoms with Crippen LogP contribution in [0, 0.1) is 0 Å². The molecule has 2 heterocycles. The molecule has 0 aromatic heterocycles. The number of cyclic esters (lactones) is 4. The van der Waals surface area contributed by atoms with Gasteiger partial charge in [-0.2, -0.15) is 0 Å². The Balaban J connectivity index is 0. The van der Waals surface area contributed by atoms with E-state index in [1.54, 1.807) is 24.3 Å². The van der Waals surface area contributed by atoms with Crippen molar-refractivity contribution in [2.75, 3.05) is 46.2 Å². The smallest absolute Gasteiger partial charge is 0.346 e. The molecule has 2 aliphatic rings. The van der Waals surface area contributed by atoms with E-state index in [0.717, 1.165) is 12.2 Å². The lowest BCUT2D eigenvalue weighted by Gasteiger charge is -1.94. The summed E-state index contributed by atoms with van der Waals surface area (Å²) in [7, 11) is 0. The van der Waals surface area contributed by atoms with Gasteiger partial charge in [0.15, 0.2) is 0 Å². The molecule has 0 fully saturated rings. The van der Waals surface area contributed by atoms with Crippen LogP contribution in [0.1, 0.15) is 27.6 Å². The van der Waals surface area contributed by atoms with Crippen molar-refractivity contribution in [2.24, 2.45) is 0 Å². The number of carbonyl (C=O) groups is 4. The summed E-state index contributed by atoms with van der Waals surface area (Å²) in [5.41, 5.74) is 0.718. The normalized spacial score (nSPS) is 13.4. The van der Waals surface area contributed by atoms with Gasteiger partial charge in [-0.25, -0.2) is 19.2 Å². The molecule has 1 atom stereocenters. The summed E-state index contributed by atoms with van der Waals surface area (Å²) in [6, 6.07) is 6.53. The second kappa shape index (κ2) is 21.8. The van der Waals surface area contributed by atoms with Crippen molar-refractivity contribution >= 4 is 23.9 Å². The molecule has 0 spiro atoms. The van der Waals surface area contributed by atoms with E-state index in [4.69, 9.17) is 30.6 Å². The molecule has 34 heavy (non-hydrogen) atoms. The maximum Gasteiger partial charge on any atom is 0.346 e. The first-order valence-electron chi connectivity index (χ1n) is 9.77. The largest absolute Gasteiger partial charge is 0.394 e. The molecule has 13 heteroatoms. The average Bonchev–Trinajstić information content (AvgIpc) is 3.36. The highest BCUT2D eigenvalue weighted by Crippen LogP contribution is 2.18. The fourth-order valence-electron chi connectivity index (χ4n) is 1.57. The van der Waals surface area contributed by atoms with Gasteiger partial charge in [-0.1, -0.05) is 12.1 Å². The quantitative estimate of drug-likeness (QED) is 0.144. The summed E-state index contributed by atoms with van der Waals surface area (Å²) < 4.78 is 13.0. The summed E-state index contributed by atoms with van der Waals surface area (Å²) >= 11 is 0. The maximum absolute atomic E-state index is 10.8.